The first-order valence-corrected chi connectivity index (χ1v) is 12.7. The normalized spacial score (nSPS) is 11.4. The maximum atomic E-state index is 13.4. The molecule has 0 radical (unpaired) electrons. The molecule has 0 unspecified atom stereocenters. The van der Waals surface area contributed by atoms with Gasteiger partial charge in [0.1, 0.15) is 24.0 Å². The standard InChI is InChI=1S/C26H22BrFIN3O2/c1-2-3-7-25-31-23-10-9-19(27)14-21(23)26(33)32(25)30-15-17-8-11-24(22(29)13-17)34-16-18-5-4-6-20(28)12-18/h4-6,8-15H,2-3,7,16H2,1H3. The molecule has 0 N–H and O–H groups in total. The highest BCUT2D eigenvalue weighted by Gasteiger charge is 2.11. The second-order valence-corrected chi connectivity index (χ2v) is 9.84. The van der Waals surface area contributed by atoms with Gasteiger partial charge in [-0.05, 0) is 88.7 Å². The lowest BCUT2D eigenvalue weighted by atomic mass is 10.2. The summed E-state index contributed by atoms with van der Waals surface area (Å²) < 4.78 is 22.3. The minimum atomic E-state index is -0.286. The quantitative estimate of drug-likeness (QED) is 0.160. The Morgan fingerprint density at radius 3 is 2.79 bits per heavy atom. The van der Waals surface area contributed by atoms with Crippen LogP contribution in [0.1, 0.15) is 36.7 Å². The second-order valence-electron chi connectivity index (χ2n) is 7.76. The van der Waals surface area contributed by atoms with E-state index in [1.165, 1.54) is 16.8 Å². The third-order valence-electron chi connectivity index (χ3n) is 5.19. The smallest absolute Gasteiger partial charge is 0.282 e. The first-order chi connectivity index (χ1) is 16.4. The third-order valence-corrected chi connectivity index (χ3v) is 6.53. The number of fused-ring (bicyclic) bond motifs is 1. The number of nitrogens with zero attached hydrogens (tertiary/aromatic N) is 3. The summed E-state index contributed by atoms with van der Waals surface area (Å²) in [5.41, 5.74) is 2.06. The van der Waals surface area contributed by atoms with Gasteiger partial charge in [-0.2, -0.15) is 9.78 Å². The van der Waals surface area contributed by atoms with E-state index in [2.05, 4.69) is 50.5 Å². The van der Waals surface area contributed by atoms with Crippen molar-refractivity contribution in [1.29, 1.82) is 0 Å². The number of hydrogen-bond donors (Lipinski definition) is 0. The molecule has 0 spiro atoms. The van der Waals surface area contributed by atoms with Crippen LogP contribution in [-0.4, -0.2) is 15.9 Å². The van der Waals surface area contributed by atoms with E-state index in [0.717, 1.165) is 32.0 Å². The van der Waals surface area contributed by atoms with E-state index in [1.807, 2.05) is 36.4 Å². The highest BCUT2D eigenvalue weighted by Crippen LogP contribution is 2.23. The monoisotopic (exact) mass is 633 g/mol. The minimum Gasteiger partial charge on any atom is -0.488 e. The molecule has 0 amide bonds. The summed E-state index contributed by atoms with van der Waals surface area (Å²) in [6.07, 6.45) is 4.23. The average molecular weight is 634 g/mol. The Kier molecular flexibility index (Phi) is 8.10. The summed E-state index contributed by atoms with van der Waals surface area (Å²) in [6, 6.07) is 17.5. The number of halogens is 3. The Morgan fingerprint density at radius 2 is 2.03 bits per heavy atom. The number of benzene rings is 3. The Hall–Kier alpha value is -2.59. The zero-order valence-corrected chi connectivity index (χ0v) is 22.2. The predicted octanol–water partition coefficient (Wildman–Crippen LogP) is 6.71. The summed E-state index contributed by atoms with van der Waals surface area (Å²) in [6.45, 7) is 2.37. The molecule has 0 bridgehead atoms. The molecule has 34 heavy (non-hydrogen) atoms. The molecule has 0 saturated heterocycles. The third kappa shape index (κ3) is 5.90. The summed E-state index contributed by atoms with van der Waals surface area (Å²) in [5.74, 6) is 1.05. The van der Waals surface area contributed by atoms with Gasteiger partial charge in [0.2, 0.25) is 0 Å². The molecule has 3 aromatic carbocycles. The molecule has 5 nitrogen and oxygen atoms in total. The lowest BCUT2D eigenvalue weighted by Gasteiger charge is -2.10. The van der Waals surface area contributed by atoms with Gasteiger partial charge in [0.15, 0.2) is 0 Å². The van der Waals surface area contributed by atoms with E-state index in [0.29, 0.717) is 28.9 Å². The van der Waals surface area contributed by atoms with Gasteiger partial charge in [-0.15, -0.1) is 0 Å². The number of hydrogen-bond acceptors (Lipinski definition) is 4. The number of aromatic nitrogens is 2. The van der Waals surface area contributed by atoms with Crippen LogP contribution in [0.5, 0.6) is 5.75 Å². The van der Waals surface area contributed by atoms with Gasteiger partial charge in [-0.1, -0.05) is 41.4 Å². The van der Waals surface area contributed by atoms with Gasteiger partial charge < -0.3 is 4.74 Å². The van der Waals surface area contributed by atoms with E-state index in [9.17, 15) is 9.18 Å². The minimum absolute atomic E-state index is 0.196. The Morgan fingerprint density at radius 1 is 1.18 bits per heavy atom. The lowest BCUT2D eigenvalue weighted by Crippen LogP contribution is -2.22. The number of rotatable bonds is 8. The van der Waals surface area contributed by atoms with Gasteiger partial charge in [-0.25, -0.2) is 9.37 Å². The van der Waals surface area contributed by atoms with E-state index in [-0.39, 0.29) is 18.0 Å². The van der Waals surface area contributed by atoms with E-state index in [1.54, 1.807) is 18.3 Å². The van der Waals surface area contributed by atoms with Crippen molar-refractivity contribution in [1.82, 2.24) is 9.66 Å². The molecular formula is C26H22BrFIN3O2. The Balaban J connectivity index is 1.60. The molecule has 0 fully saturated rings. The number of ether oxygens (including phenoxy) is 1. The molecule has 0 aliphatic heterocycles. The Labute approximate surface area is 219 Å². The van der Waals surface area contributed by atoms with Crippen molar-refractivity contribution < 1.29 is 9.13 Å². The maximum absolute atomic E-state index is 13.4. The predicted molar refractivity (Wildman–Crippen MR) is 145 cm³/mol. The molecule has 0 saturated carbocycles. The van der Waals surface area contributed by atoms with Crippen LogP contribution in [0.4, 0.5) is 4.39 Å². The first-order valence-electron chi connectivity index (χ1n) is 10.9. The molecule has 1 heterocycles. The largest absolute Gasteiger partial charge is 0.488 e. The topological polar surface area (TPSA) is 56.5 Å². The fourth-order valence-electron chi connectivity index (χ4n) is 3.44. The van der Waals surface area contributed by atoms with Crippen LogP contribution in [0, 0.1) is 9.39 Å². The zero-order valence-electron chi connectivity index (χ0n) is 18.5. The van der Waals surface area contributed by atoms with E-state index in [4.69, 9.17) is 9.72 Å². The van der Waals surface area contributed by atoms with Crippen LogP contribution in [0.3, 0.4) is 0 Å². The molecule has 4 aromatic rings. The summed E-state index contributed by atoms with van der Waals surface area (Å²) >= 11 is 5.62. The van der Waals surface area contributed by atoms with Gasteiger partial charge in [0.25, 0.3) is 5.56 Å². The van der Waals surface area contributed by atoms with E-state index >= 15 is 0 Å². The van der Waals surface area contributed by atoms with Gasteiger partial charge in [0.05, 0.1) is 20.7 Å². The van der Waals surface area contributed by atoms with Crippen molar-refractivity contribution in [2.45, 2.75) is 32.8 Å². The summed E-state index contributed by atoms with van der Waals surface area (Å²) in [4.78, 5) is 17.9. The molecule has 0 aliphatic carbocycles. The fourth-order valence-corrected chi connectivity index (χ4v) is 4.49. The van der Waals surface area contributed by atoms with Gasteiger partial charge >= 0.3 is 0 Å². The van der Waals surface area contributed by atoms with Crippen LogP contribution in [0.15, 0.2) is 75.0 Å². The average Bonchev–Trinajstić information content (AvgIpc) is 2.82. The van der Waals surface area contributed by atoms with Crippen LogP contribution in [0.25, 0.3) is 10.9 Å². The van der Waals surface area contributed by atoms with Crippen LogP contribution >= 0.6 is 38.5 Å². The van der Waals surface area contributed by atoms with Gasteiger partial charge in [0, 0.05) is 10.9 Å². The van der Waals surface area contributed by atoms with Crippen LogP contribution < -0.4 is 10.3 Å². The number of unbranched alkanes of at least 4 members (excludes halogenated alkanes) is 1. The molecule has 0 atom stereocenters. The van der Waals surface area contributed by atoms with Crippen molar-refractivity contribution in [3.63, 3.8) is 0 Å². The van der Waals surface area contributed by atoms with Gasteiger partial charge in [-0.3, -0.25) is 4.79 Å². The molecule has 8 heteroatoms. The van der Waals surface area contributed by atoms with Crippen molar-refractivity contribution in [2.24, 2.45) is 5.10 Å². The van der Waals surface area contributed by atoms with Crippen molar-refractivity contribution in [3.05, 3.63) is 102 Å². The fraction of sp³-hybridized carbons (Fsp3) is 0.192. The zero-order chi connectivity index (χ0) is 24.1. The van der Waals surface area contributed by atoms with Crippen molar-refractivity contribution in [2.75, 3.05) is 0 Å². The van der Waals surface area contributed by atoms with Crippen LogP contribution in [-0.2, 0) is 13.0 Å². The first kappa shape index (κ1) is 24.5. The highest BCUT2D eigenvalue weighted by molar-refractivity contribution is 14.1. The SMILES string of the molecule is CCCCc1nc2ccc(Br)cc2c(=O)n1N=Cc1ccc(OCc2cccc(F)c2)c(I)c1. The van der Waals surface area contributed by atoms with E-state index < -0.39 is 0 Å². The van der Waals surface area contributed by atoms with Crippen LogP contribution in [0.2, 0.25) is 0 Å². The molecule has 4 rings (SSSR count). The lowest BCUT2D eigenvalue weighted by molar-refractivity contribution is 0.303. The maximum Gasteiger partial charge on any atom is 0.282 e. The molecule has 174 valence electrons. The molecular weight excluding hydrogens is 612 g/mol. The molecule has 0 aliphatic rings. The second kappa shape index (κ2) is 11.2. The highest BCUT2D eigenvalue weighted by atomic mass is 127. The summed E-state index contributed by atoms with van der Waals surface area (Å²) in [7, 11) is 0. The van der Waals surface area contributed by atoms with Crippen molar-refractivity contribution >= 4 is 55.6 Å². The van der Waals surface area contributed by atoms with Crippen molar-refractivity contribution in [3.8, 4) is 5.75 Å². The number of aryl methyl sites for hydroxylation is 1. The summed E-state index contributed by atoms with van der Waals surface area (Å²) in [5, 5.41) is 5.01. The molecule has 1 aromatic heterocycles. The Bertz CT molecular complexity index is 1420.